The number of carbonyl (C=O) groups is 1. The van der Waals surface area contributed by atoms with Gasteiger partial charge in [-0.1, -0.05) is 6.92 Å². The van der Waals surface area contributed by atoms with Crippen LogP contribution < -0.4 is 5.32 Å². The lowest BCUT2D eigenvalue weighted by atomic mass is 10.1. The Balaban J connectivity index is 1.91. The lowest BCUT2D eigenvalue weighted by Crippen LogP contribution is -2.45. The Hall–Kier alpha value is -0.650. The first-order valence-corrected chi connectivity index (χ1v) is 7.87. The molecule has 0 aromatic carbocycles. The number of hydrogen-bond acceptors (Lipinski definition) is 4. The molecule has 116 valence electrons. The van der Waals surface area contributed by atoms with Gasteiger partial charge in [-0.05, 0) is 32.7 Å². The van der Waals surface area contributed by atoms with Crippen molar-refractivity contribution in [2.24, 2.45) is 5.92 Å². The summed E-state index contributed by atoms with van der Waals surface area (Å²) in [4.78, 5) is 14.5. The highest BCUT2D eigenvalue weighted by molar-refractivity contribution is 5.78. The van der Waals surface area contributed by atoms with Crippen LogP contribution >= 0.6 is 0 Å². The molecule has 1 amide bonds. The largest absolute Gasteiger partial charge is 0.376 e. The molecule has 2 saturated heterocycles. The summed E-state index contributed by atoms with van der Waals surface area (Å²) in [5.74, 6) is 0.216. The fourth-order valence-corrected chi connectivity index (χ4v) is 3.03. The topological polar surface area (TPSA) is 50.8 Å². The van der Waals surface area contributed by atoms with Crippen LogP contribution in [0.2, 0.25) is 0 Å². The number of nitrogens with zero attached hydrogens (tertiary/aromatic N) is 1. The molecule has 5 nitrogen and oxygen atoms in total. The standard InChI is InChI=1S/C15H28N2O3/c1-12(9-16-2)15(18)17(10-13-5-3-7-19-13)11-14-6-4-8-20-14/h12-14,16H,3-11H2,1-2H3. The Kier molecular flexibility index (Phi) is 6.26. The van der Waals surface area contributed by atoms with Crippen LogP contribution in [0.5, 0.6) is 0 Å². The van der Waals surface area contributed by atoms with Gasteiger partial charge in [0, 0.05) is 38.8 Å². The molecule has 2 rings (SSSR count). The van der Waals surface area contributed by atoms with Crippen LogP contribution in [0.15, 0.2) is 0 Å². The minimum Gasteiger partial charge on any atom is -0.376 e. The zero-order valence-corrected chi connectivity index (χ0v) is 12.8. The van der Waals surface area contributed by atoms with E-state index in [1.807, 2.05) is 18.9 Å². The van der Waals surface area contributed by atoms with Gasteiger partial charge in [0.2, 0.25) is 5.91 Å². The van der Waals surface area contributed by atoms with Gasteiger partial charge in [0.25, 0.3) is 0 Å². The average molecular weight is 284 g/mol. The third-order valence-corrected chi connectivity index (χ3v) is 4.14. The van der Waals surface area contributed by atoms with E-state index in [1.54, 1.807) is 0 Å². The summed E-state index contributed by atoms with van der Waals surface area (Å²) in [6.45, 7) is 5.79. The van der Waals surface area contributed by atoms with E-state index >= 15 is 0 Å². The molecule has 2 aliphatic heterocycles. The smallest absolute Gasteiger partial charge is 0.226 e. The van der Waals surface area contributed by atoms with E-state index in [1.165, 1.54) is 0 Å². The van der Waals surface area contributed by atoms with Crippen LogP contribution in [-0.4, -0.2) is 62.9 Å². The molecule has 0 aliphatic carbocycles. The Morgan fingerprint density at radius 2 is 1.75 bits per heavy atom. The molecule has 0 aromatic rings. The first-order valence-electron chi connectivity index (χ1n) is 7.87. The number of nitrogens with one attached hydrogen (secondary N) is 1. The molecular formula is C15H28N2O3. The molecule has 2 fully saturated rings. The second kappa shape index (κ2) is 7.96. The molecule has 2 aliphatic rings. The number of carbonyl (C=O) groups excluding carboxylic acids is 1. The summed E-state index contributed by atoms with van der Waals surface area (Å²) in [5, 5.41) is 3.08. The highest BCUT2D eigenvalue weighted by Crippen LogP contribution is 2.18. The zero-order chi connectivity index (χ0) is 14.4. The van der Waals surface area contributed by atoms with Crippen molar-refractivity contribution in [3.63, 3.8) is 0 Å². The molecule has 0 radical (unpaired) electrons. The van der Waals surface area contributed by atoms with Crippen LogP contribution in [0, 0.1) is 5.92 Å². The second-order valence-corrected chi connectivity index (χ2v) is 5.97. The van der Waals surface area contributed by atoms with Crippen molar-refractivity contribution >= 4 is 5.91 Å². The first kappa shape index (κ1) is 15.7. The normalized spacial score (nSPS) is 27.7. The van der Waals surface area contributed by atoms with Crippen molar-refractivity contribution in [2.45, 2.75) is 44.8 Å². The molecule has 0 spiro atoms. The quantitative estimate of drug-likeness (QED) is 0.758. The monoisotopic (exact) mass is 284 g/mol. The summed E-state index contributed by atoms with van der Waals surface area (Å²) in [7, 11) is 1.88. The van der Waals surface area contributed by atoms with Gasteiger partial charge in [0.1, 0.15) is 0 Å². The minimum absolute atomic E-state index is 0.00260. The van der Waals surface area contributed by atoms with E-state index < -0.39 is 0 Å². The van der Waals surface area contributed by atoms with Crippen molar-refractivity contribution in [1.82, 2.24) is 10.2 Å². The minimum atomic E-state index is 0.00260. The van der Waals surface area contributed by atoms with E-state index in [0.717, 1.165) is 38.9 Å². The summed E-state index contributed by atoms with van der Waals surface area (Å²) in [6.07, 6.45) is 4.77. The molecule has 3 atom stereocenters. The molecule has 20 heavy (non-hydrogen) atoms. The first-order chi connectivity index (χ1) is 9.70. The number of hydrogen-bond donors (Lipinski definition) is 1. The molecule has 2 heterocycles. The van der Waals surface area contributed by atoms with Crippen LogP contribution in [0.1, 0.15) is 32.6 Å². The third kappa shape index (κ3) is 4.43. The van der Waals surface area contributed by atoms with Crippen LogP contribution in [0.25, 0.3) is 0 Å². The maximum Gasteiger partial charge on any atom is 0.226 e. The summed E-state index contributed by atoms with van der Waals surface area (Å²) in [5.41, 5.74) is 0. The van der Waals surface area contributed by atoms with Gasteiger partial charge in [-0.2, -0.15) is 0 Å². The van der Waals surface area contributed by atoms with E-state index in [0.29, 0.717) is 19.6 Å². The highest BCUT2D eigenvalue weighted by Gasteiger charge is 2.28. The maximum atomic E-state index is 12.6. The van der Waals surface area contributed by atoms with Crippen molar-refractivity contribution in [3.05, 3.63) is 0 Å². The molecule has 5 heteroatoms. The summed E-state index contributed by atoms with van der Waals surface area (Å²) in [6, 6.07) is 0. The zero-order valence-electron chi connectivity index (χ0n) is 12.8. The van der Waals surface area contributed by atoms with E-state index in [4.69, 9.17) is 9.47 Å². The summed E-state index contributed by atoms with van der Waals surface area (Å²) < 4.78 is 11.4. The number of amides is 1. The predicted octanol–water partition coefficient (Wildman–Crippen LogP) is 1.03. The molecule has 1 N–H and O–H groups in total. The Morgan fingerprint density at radius 3 is 2.15 bits per heavy atom. The molecule has 0 bridgehead atoms. The summed E-state index contributed by atoms with van der Waals surface area (Å²) >= 11 is 0. The van der Waals surface area contributed by atoms with Crippen LogP contribution in [0.4, 0.5) is 0 Å². The van der Waals surface area contributed by atoms with Crippen molar-refractivity contribution in [1.29, 1.82) is 0 Å². The highest BCUT2D eigenvalue weighted by atomic mass is 16.5. The van der Waals surface area contributed by atoms with E-state index in [9.17, 15) is 4.79 Å². The van der Waals surface area contributed by atoms with Gasteiger partial charge >= 0.3 is 0 Å². The molecular weight excluding hydrogens is 256 g/mol. The molecule has 0 aromatic heterocycles. The van der Waals surface area contributed by atoms with Gasteiger partial charge < -0.3 is 19.7 Å². The van der Waals surface area contributed by atoms with E-state index in [-0.39, 0.29) is 24.0 Å². The average Bonchev–Trinajstić information content (AvgIpc) is 3.10. The van der Waals surface area contributed by atoms with Crippen molar-refractivity contribution in [3.8, 4) is 0 Å². The predicted molar refractivity (Wildman–Crippen MR) is 77.6 cm³/mol. The Labute approximate surface area is 122 Å². The fraction of sp³-hybridized carbons (Fsp3) is 0.933. The van der Waals surface area contributed by atoms with E-state index in [2.05, 4.69) is 5.32 Å². The Morgan fingerprint density at radius 1 is 1.20 bits per heavy atom. The van der Waals surface area contributed by atoms with Crippen LogP contribution in [0.3, 0.4) is 0 Å². The molecule has 3 unspecified atom stereocenters. The lowest BCUT2D eigenvalue weighted by molar-refractivity contribution is -0.138. The maximum absolute atomic E-state index is 12.6. The third-order valence-electron chi connectivity index (χ3n) is 4.14. The Bertz CT molecular complexity index is 281. The van der Waals surface area contributed by atoms with Crippen molar-refractivity contribution < 1.29 is 14.3 Å². The van der Waals surface area contributed by atoms with Gasteiger partial charge in [-0.3, -0.25) is 4.79 Å². The molecule has 0 saturated carbocycles. The SMILES string of the molecule is CNCC(C)C(=O)N(CC1CCCO1)CC1CCCO1. The van der Waals surface area contributed by atoms with Gasteiger partial charge in [-0.15, -0.1) is 0 Å². The second-order valence-electron chi connectivity index (χ2n) is 5.97. The van der Waals surface area contributed by atoms with Crippen LogP contribution in [-0.2, 0) is 14.3 Å². The lowest BCUT2D eigenvalue weighted by Gasteiger charge is -2.30. The van der Waals surface area contributed by atoms with Gasteiger partial charge in [-0.25, -0.2) is 0 Å². The van der Waals surface area contributed by atoms with Gasteiger partial charge in [0.05, 0.1) is 12.2 Å². The number of ether oxygens (including phenoxy) is 2. The fourth-order valence-electron chi connectivity index (χ4n) is 3.03. The number of rotatable bonds is 7. The van der Waals surface area contributed by atoms with Crippen molar-refractivity contribution in [2.75, 3.05) is 39.9 Å². The van der Waals surface area contributed by atoms with Gasteiger partial charge in [0.15, 0.2) is 0 Å².